The number of halogens is 3. The number of hydrogen-bond acceptors (Lipinski definition) is 4. The zero-order valence-corrected chi connectivity index (χ0v) is 11.1. The summed E-state index contributed by atoms with van der Waals surface area (Å²) in [6, 6.07) is 3.89. The quantitative estimate of drug-likeness (QED) is 0.756. The summed E-state index contributed by atoms with van der Waals surface area (Å²) >= 11 is 0. The predicted octanol–water partition coefficient (Wildman–Crippen LogP) is 3.09. The van der Waals surface area contributed by atoms with E-state index >= 15 is 0 Å². The lowest BCUT2D eigenvalue weighted by atomic mass is 10.1. The lowest BCUT2D eigenvalue weighted by molar-refractivity contribution is -0.274. The van der Waals surface area contributed by atoms with E-state index < -0.39 is 12.3 Å². The Bertz CT molecular complexity index is 457. The Balaban J connectivity index is 2.79. The van der Waals surface area contributed by atoms with E-state index in [1.165, 1.54) is 13.2 Å². The Hall–Kier alpha value is -1.92. The highest BCUT2D eigenvalue weighted by Gasteiger charge is 2.31. The van der Waals surface area contributed by atoms with Crippen molar-refractivity contribution < 1.29 is 32.2 Å². The van der Waals surface area contributed by atoms with Crippen LogP contribution in [-0.2, 0) is 16.0 Å². The molecular weight excluding hydrogens is 277 g/mol. The van der Waals surface area contributed by atoms with Crippen LogP contribution >= 0.6 is 0 Å². The van der Waals surface area contributed by atoms with Crippen molar-refractivity contribution in [2.24, 2.45) is 0 Å². The molecule has 4 nitrogen and oxygen atoms in total. The third-order valence-electron chi connectivity index (χ3n) is 2.33. The molecule has 0 spiro atoms. The van der Waals surface area contributed by atoms with Crippen molar-refractivity contribution >= 4 is 5.97 Å². The predicted molar refractivity (Wildman–Crippen MR) is 64.6 cm³/mol. The molecule has 0 unspecified atom stereocenters. The van der Waals surface area contributed by atoms with E-state index in [0.29, 0.717) is 5.56 Å². The smallest absolute Gasteiger partial charge is 0.497 e. The number of ether oxygens (including phenoxy) is 3. The van der Waals surface area contributed by atoms with E-state index in [4.69, 9.17) is 9.47 Å². The monoisotopic (exact) mass is 292 g/mol. The first kappa shape index (κ1) is 16.1. The number of carbonyl (C=O) groups is 1. The normalized spacial score (nSPS) is 11.1. The Morgan fingerprint density at radius 3 is 2.40 bits per heavy atom. The molecule has 1 aromatic rings. The summed E-state index contributed by atoms with van der Waals surface area (Å²) in [7, 11) is 1.34. The molecule has 0 fully saturated rings. The Kier molecular flexibility index (Phi) is 5.66. The number of benzene rings is 1. The first-order valence-corrected chi connectivity index (χ1v) is 5.93. The van der Waals surface area contributed by atoms with Crippen molar-refractivity contribution in [3.05, 3.63) is 23.8 Å². The standard InChI is InChI=1S/C13H15F3O4/c1-3-19-12(17)5-4-9-6-10(18-2)8-11(7-9)20-13(14,15)16/h6-8H,3-5H2,1-2H3. The summed E-state index contributed by atoms with van der Waals surface area (Å²) in [6.07, 6.45) is -4.46. The van der Waals surface area contributed by atoms with Crippen LogP contribution in [0.3, 0.4) is 0 Å². The summed E-state index contributed by atoms with van der Waals surface area (Å²) in [4.78, 5) is 11.2. The topological polar surface area (TPSA) is 44.8 Å². The number of esters is 1. The zero-order valence-electron chi connectivity index (χ0n) is 11.1. The molecule has 0 saturated carbocycles. The van der Waals surface area contributed by atoms with Gasteiger partial charge in [-0.2, -0.15) is 0 Å². The fourth-order valence-corrected chi connectivity index (χ4v) is 1.56. The molecule has 0 aliphatic rings. The van der Waals surface area contributed by atoms with Gasteiger partial charge in [-0.25, -0.2) is 0 Å². The zero-order chi connectivity index (χ0) is 15.2. The second-order valence-corrected chi connectivity index (χ2v) is 3.87. The fraction of sp³-hybridized carbons (Fsp3) is 0.462. The molecule has 112 valence electrons. The third-order valence-corrected chi connectivity index (χ3v) is 2.33. The molecule has 0 heterocycles. The summed E-state index contributed by atoms with van der Waals surface area (Å²) < 4.78 is 50.1. The van der Waals surface area contributed by atoms with E-state index in [1.54, 1.807) is 13.0 Å². The van der Waals surface area contributed by atoms with Crippen molar-refractivity contribution in [1.29, 1.82) is 0 Å². The number of alkyl halides is 3. The van der Waals surface area contributed by atoms with Gasteiger partial charge in [0.15, 0.2) is 0 Å². The van der Waals surface area contributed by atoms with E-state index in [-0.39, 0.29) is 30.9 Å². The molecule has 1 rings (SSSR count). The summed E-state index contributed by atoms with van der Waals surface area (Å²) in [5, 5.41) is 0. The Morgan fingerprint density at radius 2 is 1.85 bits per heavy atom. The molecule has 0 N–H and O–H groups in total. The van der Waals surface area contributed by atoms with E-state index in [1.807, 2.05) is 0 Å². The number of carbonyl (C=O) groups excluding carboxylic acids is 1. The van der Waals surface area contributed by atoms with E-state index in [0.717, 1.165) is 6.07 Å². The number of methoxy groups -OCH3 is 1. The lowest BCUT2D eigenvalue weighted by Gasteiger charge is -2.12. The van der Waals surface area contributed by atoms with Crippen LogP contribution in [0.25, 0.3) is 0 Å². The van der Waals surface area contributed by atoms with Crippen LogP contribution in [0.5, 0.6) is 11.5 Å². The van der Waals surface area contributed by atoms with Gasteiger partial charge in [-0.3, -0.25) is 4.79 Å². The highest BCUT2D eigenvalue weighted by molar-refractivity contribution is 5.69. The van der Waals surface area contributed by atoms with Crippen LogP contribution in [-0.4, -0.2) is 26.0 Å². The second kappa shape index (κ2) is 7.02. The lowest BCUT2D eigenvalue weighted by Crippen LogP contribution is -2.17. The highest BCUT2D eigenvalue weighted by Crippen LogP contribution is 2.28. The largest absolute Gasteiger partial charge is 0.573 e. The summed E-state index contributed by atoms with van der Waals surface area (Å²) in [6.45, 7) is 1.94. The van der Waals surface area contributed by atoms with Gasteiger partial charge in [0.2, 0.25) is 0 Å². The number of rotatable bonds is 6. The summed E-state index contributed by atoms with van der Waals surface area (Å²) in [5.41, 5.74) is 0.497. The molecule has 1 aromatic carbocycles. The molecule has 20 heavy (non-hydrogen) atoms. The maximum atomic E-state index is 12.2. The van der Waals surface area contributed by atoms with Crippen LogP contribution in [0.2, 0.25) is 0 Å². The maximum absolute atomic E-state index is 12.2. The number of hydrogen-bond donors (Lipinski definition) is 0. The van der Waals surface area contributed by atoms with Gasteiger partial charge in [0.25, 0.3) is 0 Å². The van der Waals surface area contributed by atoms with Gasteiger partial charge < -0.3 is 14.2 Å². The number of aryl methyl sites for hydroxylation is 1. The van der Waals surface area contributed by atoms with Crippen molar-refractivity contribution in [3.8, 4) is 11.5 Å². The van der Waals surface area contributed by atoms with Crippen molar-refractivity contribution in [1.82, 2.24) is 0 Å². The van der Waals surface area contributed by atoms with Crippen LogP contribution in [0.15, 0.2) is 18.2 Å². The molecule has 0 bridgehead atoms. The summed E-state index contributed by atoms with van der Waals surface area (Å²) in [5.74, 6) is -0.560. The van der Waals surface area contributed by atoms with Crippen LogP contribution in [0.4, 0.5) is 13.2 Å². The minimum absolute atomic E-state index is 0.0759. The second-order valence-electron chi connectivity index (χ2n) is 3.87. The Morgan fingerprint density at radius 1 is 1.20 bits per heavy atom. The van der Waals surface area contributed by atoms with Crippen molar-refractivity contribution in [3.63, 3.8) is 0 Å². The van der Waals surface area contributed by atoms with Crippen LogP contribution in [0, 0.1) is 0 Å². The van der Waals surface area contributed by atoms with Crippen molar-refractivity contribution in [2.45, 2.75) is 26.1 Å². The van der Waals surface area contributed by atoms with Gasteiger partial charge in [0.1, 0.15) is 11.5 Å². The highest BCUT2D eigenvalue weighted by atomic mass is 19.4. The van der Waals surface area contributed by atoms with Gasteiger partial charge in [-0.05, 0) is 31.0 Å². The average Bonchev–Trinajstić information content (AvgIpc) is 2.34. The Labute approximate surface area is 114 Å². The minimum atomic E-state index is -4.77. The van der Waals surface area contributed by atoms with Gasteiger partial charge in [-0.1, -0.05) is 0 Å². The molecule has 0 aliphatic heterocycles. The molecule has 0 radical (unpaired) electrons. The van der Waals surface area contributed by atoms with Crippen LogP contribution in [0.1, 0.15) is 18.9 Å². The van der Waals surface area contributed by atoms with Gasteiger partial charge in [-0.15, -0.1) is 13.2 Å². The first-order chi connectivity index (χ1) is 9.34. The van der Waals surface area contributed by atoms with Gasteiger partial charge in [0.05, 0.1) is 13.7 Å². The van der Waals surface area contributed by atoms with E-state index in [2.05, 4.69) is 4.74 Å². The van der Waals surface area contributed by atoms with Crippen molar-refractivity contribution in [2.75, 3.05) is 13.7 Å². The molecule has 0 aliphatic carbocycles. The molecule has 0 saturated heterocycles. The molecule has 0 amide bonds. The van der Waals surface area contributed by atoms with Gasteiger partial charge in [0, 0.05) is 12.5 Å². The van der Waals surface area contributed by atoms with E-state index in [9.17, 15) is 18.0 Å². The fourth-order valence-electron chi connectivity index (χ4n) is 1.56. The van der Waals surface area contributed by atoms with Gasteiger partial charge >= 0.3 is 12.3 Å². The first-order valence-electron chi connectivity index (χ1n) is 5.93. The molecule has 7 heteroatoms. The van der Waals surface area contributed by atoms with Crippen LogP contribution < -0.4 is 9.47 Å². The minimum Gasteiger partial charge on any atom is -0.497 e. The maximum Gasteiger partial charge on any atom is 0.573 e. The third kappa shape index (κ3) is 5.81. The average molecular weight is 292 g/mol. The molecule has 0 atom stereocenters. The SMILES string of the molecule is CCOC(=O)CCc1cc(OC)cc(OC(F)(F)F)c1. The molecular formula is C13H15F3O4. The molecule has 0 aromatic heterocycles.